The molecule has 0 spiro atoms. The van der Waals surface area contributed by atoms with E-state index in [2.05, 4.69) is 11.9 Å². The third-order valence-corrected chi connectivity index (χ3v) is 4.01. The molecule has 0 radical (unpaired) electrons. The molecule has 0 saturated heterocycles. The van der Waals surface area contributed by atoms with Crippen LogP contribution in [0.2, 0.25) is 0 Å². The summed E-state index contributed by atoms with van der Waals surface area (Å²) in [7, 11) is 3.20. The van der Waals surface area contributed by atoms with E-state index in [0.717, 1.165) is 17.5 Å². The van der Waals surface area contributed by atoms with Gasteiger partial charge in [-0.1, -0.05) is 26.3 Å². The van der Waals surface area contributed by atoms with Crippen molar-refractivity contribution in [2.24, 2.45) is 11.7 Å². The van der Waals surface area contributed by atoms with E-state index in [9.17, 15) is 4.79 Å². The molecule has 1 amide bonds. The van der Waals surface area contributed by atoms with Crippen molar-refractivity contribution in [3.8, 4) is 11.5 Å². The molecule has 6 heteroatoms. The number of halogens is 1. The quantitative estimate of drug-likeness (QED) is 0.667. The molecule has 0 bridgehead atoms. The molecule has 0 heterocycles. The Hall–Kier alpha value is -1.72. The highest BCUT2D eigenvalue weighted by Gasteiger charge is 2.19. The van der Waals surface area contributed by atoms with Crippen molar-refractivity contribution in [3.63, 3.8) is 0 Å². The van der Waals surface area contributed by atoms with Gasteiger partial charge < -0.3 is 20.5 Å². The van der Waals surface area contributed by atoms with E-state index in [-0.39, 0.29) is 24.2 Å². The highest BCUT2D eigenvalue weighted by molar-refractivity contribution is 5.85. The van der Waals surface area contributed by atoms with Crippen molar-refractivity contribution in [2.75, 3.05) is 14.2 Å². The van der Waals surface area contributed by atoms with Gasteiger partial charge in [0.2, 0.25) is 5.91 Å². The van der Waals surface area contributed by atoms with E-state index < -0.39 is 6.04 Å². The van der Waals surface area contributed by atoms with E-state index in [4.69, 9.17) is 15.2 Å². The van der Waals surface area contributed by atoms with Gasteiger partial charge in [0, 0.05) is 12.1 Å². The second-order valence-corrected chi connectivity index (χ2v) is 5.61. The summed E-state index contributed by atoms with van der Waals surface area (Å²) < 4.78 is 10.8. The standard InChI is InChI=1S/C18H28N2O3.ClH/c1-6-8-14-9-13(10-15(22-4)17(14)23-5)11-20-18(21)16(19)12(3)7-2;/h6,9-10,12,16H,1,7-8,11,19H2,2-5H3,(H,20,21);1H. The molecule has 3 N–H and O–H groups in total. The molecule has 136 valence electrons. The fourth-order valence-corrected chi connectivity index (χ4v) is 2.34. The van der Waals surface area contributed by atoms with Gasteiger partial charge in [0.15, 0.2) is 11.5 Å². The zero-order valence-corrected chi connectivity index (χ0v) is 15.7. The van der Waals surface area contributed by atoms with Crippen molar-refractivity contribution < 1.29 is 14.3 Å². The molecule has 0 saturated carbocycles. The molecular weight excluding hydrogens is 328 g/mol. The van der Waals surface area contributed by atoms with Gasteiger partial charge in [-0.15, -0.1) is 19.0 Å². The SMILES string of the molecule is C=CCc1cc(CNC(=O)C(N)C(C)CC)cc(OC)c1OC.Cl. The van der Waals surface area contributed by atoms with Crippen LogP contribution in [0.3, 0.4) is 0 Å². The summed E-state index contributed by atoms with van der Waals surface area (Å²) in [4.78, 5) is 12.1. The van der Waals surface area contributed by atoms with Crippen LogP contribution in [0.1, 0.15) is 31.4 Å². The third kappa shape index (κ3) is 5.73. The molecule has 0 aromatic heterocycles. The Balaban J connectivity index is 0.00000529. The predicted octanol–water partition coefficient (Wildman–Crippen LogP) is 2.84. The second kappa shape index (κ2) is 10.9. The lowest BCUT2D eigenvalue weighted by molar-refractivity contribution is -0.123. The number of allylic oxidation sites excluding steroid dienone is 1. The van der Waals surface area contributed by atoms with E-state index in [0.29, 0.717) is 24.5 Å². The minimum Gasteiger partial charge on any atom is -0.493 e. The zero-order chi connectivity index (χ0) is 17.4. The van der Waals surface area contributed by atoms with Crippen LogP contribution in [0.4, 0.5) is 0 Å². The maximum Gasteiger partial charge on any atom is 0.237 e. The maximum atomic E-state index is 12.1. The van der Waals surface area contributed by atoms with Gasteiger partial charge in [0.25, 0.3) is 0 Å². The normalized spacial score (nSPS) is 12.5. The van der Waals surface area contributed by atoms with Crippen molar-refractivity contribution in [2.45, 2.75) is 39.3 Å². The molecule has 1 aromatic carbocycles. The van der Waals surface area contributed by atoms with Crippen molar-refractivity contribution >= 4 is 18.3 Å². The van der Waals surface area contributed by atoms with Gasteiger partial charge in [0.1, 0.15) is 0 Å². The summed E-state index contributed by atoms with van der Waals surface area (Å²) in [6.07, 6.45) is 3.33. The Morgan fingerprint density at radius 3 is 2.54 bits per heavy atom. The molecule has 2 unspecified atom stereocenters. The van der Waals surface area contributed by atoms with Crippen LogP contribution in [0, 0.1) is 5.92 Å². The summed E-state index contributed by atoms with van der Waals surface area (Å²) in [6.45, 7) is 8.15. The first-order valence-corrected chi connectivity index (χ1v) is 7.86. The Kier molecular flexibility index (Phi) is 10.2. The fourth-order valence-electron chi connectivity index (χ4n) is 2.34. The van der Waals surface area contributed by atoms with E-state index in [1.165, 1.54) is 0 Å². The lowest BCUT2D eigenvalue weighted by Gasteiger charge is -2.18. The number of amides is 1. The number of nitrogens with two attached hydrogens (primary N) is 1. The number of methoxy groups -OCH3 is 2. The number of rotatable bonds is 9. The molecule has 24 heavy (non-hydrogen) atoms. The van der Waals surface area contributed by atoms with Crippen LogP contribution in [-0.4, -0.2) is 26.2 Å². The van der Waals surface area contributed by atoms with E-state index in [1.807, 2.05) is 26.0 Å². The lowest BCUT2D eigenvalue weighted by atomic mass is 9.99. The molecule has 0 aliphatic heterocycles. The van der Waals surface area contributed by atoms with Crippen molar-refractivity contribution in [1.82, 2.24) is 5.32 Å². The van der Waals surface area contributed by atoms with Gasteiger partial charge in [-0.3, -0.25) is 4.79 Å². The number of hydrogen-bond donors (Lipinski definition) is 2. The molecule has 1 rings (SSSR count). The summed E-state index contributed by atoms with van der Waals surface area (Å²) in [5, 5.41) is 2.89. The Morgan fingerprint density at radius 2 is 2.04 bits per heavy atom. The summed E-state index contributed by atoms with van der Waals surface area (Å²) in [5.41, 5.74) is 7.85. The van der Waals surface area contributed by atoms with Crippen LogP contribution < -0.4 is 20.5 Å². The smallest absolute Gasteiger partial charge is 0.237 e. The Labute approximate surface area is 151 Å². The molecule has 5 nitrogen and oxygen atoms in total. The summed E-state index contributed by atoms with van der Waals surface area (Å²) in [6, 6.07) is 3.35. The number of nitrogens with one attached hydrogen (secondary N) is 1. The molecule has 2 atom stereocenters. The Bertz CT molecular complexity index is 549. The van der Waals surface area contributed by atoms with Gasteiger partial charge in [-0.25, -0.2) is 0 Å². The van der Waals surface area contributed by atoms with Gasteiger partial charge in [-0.05, 0) is 30.0 Å². The number of carbonyl (C=O) groups is 1. The average Bonchev–Trinajstić information content (AvgIpc) is 2.57. The van der Waals surface area contributed by atoms with Gasteiger partial charge >= 0.3 is 0 Å². The number of carbonyl (C=O) groups excluding carboxylic acids is 1. The topological polar surface area (TPSA) is 73.6 Å². The first-order valence-electron chi connectivity index (χ1n) is 7.86. The fraction of sp³-hybridized carbons (Fsp3) is 0.500. The predicted molar refractivity (Wildman–Crippen MR) is 100.0 cm³/mol. The minimum absolute atomic E-state index is 0. The first-order chi connectivity index (χ1) is 11.0. The molecule has 0 aliphatic rings. The van der Waals surface area contributed by atoms with Gasteiger partial charge in [-0.2, -0.15) is 0 Å². The van der Waals surface area contributed by atoms with Gasteiger partial charge in [0.05, 0.1) is 20.3 Å². The van der Waals surface area contributed by atoms with Crippen molar-refractivity contribution in [3.05, 3.63) is 35.9 Å². The highest BCUT2D eigenvalue weighted by Crippen LogP contribution is 2.33. The molecule has 0 fully saturated rings. The van der Waals surface area contributed by atoms with E-state index in [1.54, 1.807) is 20.3 Å². The minimum atomic E-state index is -0.493. The number of hydrogen-bond acceptors (Lipinski definition) is 4. The Morgan fingerprint density at radius 1 is 1.38 bits per heavy atom. The number of ether oxygens (including phenoxy) is 2. The molecule has 1 aromatic rings. The summed E-state index contributed by atoms with van der Waals surface area (Å²) in [5.74, 6) is 1.34. The zero-order valence-electron chi connectivity index (χ0n) is 14.9. The number of benzene rings is 1. The van der Waals surface area contributed by atoms with E-state index >= 15 is 0 Å². The highest BCUT2D eigenvalue weighted by atomic mass is 35.5. The first kappa shape index (κ1) is 22.3. The summed E-state index contributed by atoms with van der Waals surface area (Å²) >= 11 is 0. The monoisotopic (exact) mass is 356 g/mol. The van der Waals surface area contributed by atoms with Crippen LogP contribution in [-0.2, 0) is 17.8 Å². The molecule has 0 aliphatic carbocycles. The van der Waals surface area contributed by atoms with Crippen molar-refractivity contribution in [1.29, 1.82) is 0 Å². The second-order valence-electron chi connectivity index (χ2n) is 5.61. The van der Waals surface area contributed by atoms with Crippen LogP contribution >= 0.6 is 12.4 Å². The van der Waals surface area contributed by atoms with Crippen LogP contribution in [0.5, 0.6) is 11.5 Å². The molecular formula is C18H29ClN2O3. The van der Waals surface area contributed by atoms with Crippen LogP contribution in [0.25, 0.3) is 0 Å². The average molecular weight is 357 g/mol. The van der Waals surface area contributed by atoms with Crippen LogP contribution in [0.15, 0.2) is 24.8 Å². The third-order valence-electron chi connectivity index (χ3n) is 4.01. The lowest BCUT2D eigenvalue weighted by Crippen LogP contribution is -2.44. The largest absolute Gasteiger partial charge is 0.493 e. The maximum absolute atomic E-state index is 12.1.